The maximum absolute atomic E-state index is 12.8. The Kier molecular flexibility index (Phi) is 47.0. The van der Waals surface area contributed by atoms with E-state index in [1.54, 1.807) is 0 Å². The van der Waals surface area contributed by atoms with Gasteiger partial charge in [0, 0.05) is 13.0 Å². The molecule has 0 bridgehead atoms. The highest BCUT2D eigenvalue weighted by molar-refractivity contribution is 7.45. The smallest absolute Gasteiger partial charge is 0.306 e. The molecule has 0 aromatic rings. The van der Waals surface area contributed by atoms with Crippen LogP contribution >= 0.6 is 7.82 Å². The molecule has 0 aliphatic heterocycles. The second-order valence-corrected chi connectivity index (χ2v) is 19.5. The minimum Gasteiger partial charge on any atom is -0.756 e. The van der Waals surface area contributed by atoms with Crippen molar-refractivity contribution < 1.29 is 37.3 Å². The van der Waals surface area contributed by atoms with Crippen LogP contribution in [0.5, 0.6) is 0 Å². The Morgan fingerprint density at radius 2 is 0.821 bits per heavy atom. The molecule has 9 heteroatoms. The van der Waals surface area contributed by atoms with Crippen LogP contribution in [0.2, 0.25) is 0 Å². The number of likely N-dealkylation sites (N-methyl/N-ethyl adjacent to an activating group) is 1. The van der Waals surface area contributed by atoms with Gasteiger partial charge >= 0.3 is 5.97 Å². The summed E-state index contributed by atoms with van der Waals surface area (Å²) in [6.07, 6.45) is 70.8. The van der Waals surface area contributed by atoms with Crippen molar-refractivity contribution in [3.63, 3.8) is 0 Å². The number of unbranched alkanes of at least 4 members (excludes halogenated alkanes) is 13. The third-order valence-corrected chi connectivity index (χ3v) is 11.5. The summed E-state index contributed by atoms with van der Waals surface area (Å²) in [6, 6.07) is 0. The van der Waals surface area contributed by atoms with Gasteiger partial charge in [0.2, 0.25) is 0 Å². The van der Waals surface area contributed by atoms with Crippen LogP contribution in [0, 0.1) is 0 Å². The van der Waals surface area contributed by atoms with Crippen LogP contribution in [0.15, 0.2) is 122 Å². The zero-order valence-electron chi connectivity index (χ0n) is 43.3. The fourth-order valence-corrected chi connectivity index (χ4v) is 7.27. The third kappa shape index (κ3) is 53.7. The van der Waals surface area contributed by atoms with Gasteiger partial charge in [-0.3, -0.25) is 9.36 Å². The van der Waals surface area contributed by atoms with Crippen LogP contribution in [-0.4, -0.2) is 70.7 Å². The van der Waals surface area contributed by atoms with Crippen molar-refractivity contribution in [2.45, 2.75) is 187 Å². The summed E-state index contributed by atoms with van der Waals surface area (Å²) < 4.78 is 34.7. The lowest BCUT2D eigenvalue weighted by Gasteiger charge is -2.28. The molecule has 0 fully saturated rings. The zero-order valence-corrected chi connectivity index (χ0v) is 44.2. The maximum Gasteiger partial charge on any atom is 0.306 e. The lowest BCUT2D eigenvalue weighted by molar-refractivity contribution is -0.870. The molecule has 0 aliphatic rings. The fraction of sp³-hybridized carbons (Fsp3) is 0.638. The molecule has 0 aromatic heterocycles. The van der Waals surface area contributed by atoms with Gasteiger partial charge < -0.3 is 27.9 Å². The molecule has 0 saturated heterocycles. The minimum atomic E-state index is -4.55. The predicted octanol–water partition coefficient (Wildman–Crippen LogP) is 15.9. The maximum atomic E-state index is 12.8. The number of hydrogen-bond donors (Lipinski definition) is 0. The molecule has 0 aromatic carbocycles. The molecule has 0 heterocycles. The summed E-state index contributed by atoms with van der Waals surface area (Å²) >= 11 is 0. The molecule has 8 nitrogen and oxygen atoms in total. The van der Waals surface area contributed by atoms with Crippen LogP contribution in [-0.2, 0) is 27.9 Å². The van der Waals surface area contributed by atoms with E-state index in [9.17, 15) is 14.3 Å². The number of ether oxygens (including phenoxy) is 2. The molecule has 0 radical (unpaired) electrons. The quantitative estimate of drug-likeness (QED) is 0.0197. The van der Waals surface area contributed by atoms with E-state index in [4.69, 9.17) is 18.5 Å². The lowest BCUT2D eigenvalue weighted by atomic mass is 10.1. The summed E-state index contributed by atoms with van der Waals surface area (Å²) in [5.41, 5.74) is 0. The Bertz CT molecular complexity index is 1480. The molecule has 0 saturated carbocycles. The summed E-state index contributed by atoms with van der Waals surface area (Å²) in [4.78, 5) is 25.2. The first-order chi connectivity index (χ1) is 32.6. The largest absolute Gasteiger partial charge is 0.756 e. The van der Waals surface area contributed by atoms with E-state index >= 15 is 0 Å². The number of phosphoric acid groups is 1. The Morgan fingerprint density at radius 1 is 0.463 bits per heavy atom. The van der Waals surface area contributed by atoms with Crippen LogP contribution in [0.4, 0.5) is 0 Å². The molecule has 67 heavy (non-hydrogen) atoms. The SMILES string of the molecule is CC/C=C\C/C=C\C/C=C\C/C=C\C/C=C\C/C=C\CCCCCCCOCC(COP(=O)([O-])OCC[N+](C)(C)C)OC(=O)CCCCCCCCCC/C=C\C/C=C\C/C=C\C/C=C\CC. The zero-order chi connectivity index (χ0) is 49.0. The van der Waals surface area contributed by atoms with Gasteiger partial charge in [-0.2, -0.15) is 0 Å². The van der Waals surface area contributed by atoms with Gasteiger partial charge in [-0.05, 0) is 103 Å². The molecule has 0 amide bonds. The number of carbonyl (C=O) groups is 1. The summed E-state index contributed by atoms with van der Waals surface area (Å²) in [5.74, 6) is -0.355. The van der Waals surface area contributed by atoms with E-state index in [1.807, 2.05) is 21.1 Å². The highest BCUT2D eigenvalue weighted by Gasteiger charge is 2.20. The van der Waals surface area contributed by atoms with Gasteiger partial charge in [0.1, 0.15) is 19.3 Å². The average molecular weight is 952 g/mol. The van der Waals surface area contributed by atoms with Crippen molar-refractivity contribution in [3.8, 4) is 0 Å². The number of phosphoric ester groups is 1. The van der Waals surface area contributed by atoms with Gasteiger partial charge in [-0.1, -0.05) is 193 Å². The topological polar surface area (TPSA) is 94.1 Å². The summed E-state index contributed by atoms with van der Waals surface area (Å²) in [5, 5.41) is 0. The van der Waals surface area contributed by atoms with Gasteiger partial charge in [0.05, 0.1) is 34.4 Å². The van der Waals surface area contributed by atoms with E-state index < -0.39 is 13.9 Å². The molecule has 0 rings (SSSR count). The average Bonchev–Trinajstić information content (AvgIpc) is 3.29. The number of carbonyl (C=O) groups excluding carboxylic acids is 1. The first kappa shape index (κ1) is 63.9. The van der Waals surface area contributed by atoms with Gasteiger partial charge in [-0.15, -0.1) is 0 Å². The number of quaternary nitrogens is 1. The number of rotatable bonds is 47. The highest BCUT2D eigenvalue weighted by atomic mass is 31.2. The number of esters is 1. The second-order valence-electron chi connectivity index (χ2n) is 18.1. The standard InChI is InChI=1S/C58H98NO7P/c1-6-8-10-12-14-16-18-20-22-24-26-28-29-30-32-34-36-38-40-42-44-46-48-50-53-63-55-57(56-65-67(61,62)64-54-52-59(3,4)5)66-58(60)51-49-47-45-43-41-39-37-35-33-31-27-25-23-21-19-17-15-13-11-9-7-2/h8-11,14-17,20-23,26-28,30-32,36,38,57H,6-7,12-13,18-19,24-25,29,33-35,37,39-56H2,1-5H3/b10-8-,11-9-,16-14-,17-15-,22-20-,23-21-,28-26-,31-27-,32-30-,38-36-. The molecular weight excluding hydrogens is 854 g/mol. The van der Waals surface area contributed by atoms with Gasteiger partial charge in [0.15, 0.2) is 0 Å². The molecule has 0 N–H and O–H groups in total. The van der Waals surface area contributed by atoms with Crippen molar-refractivity contribution in [3.05, 3.63) is 122 Å². The number of allylic oxidation sites excluding steroid dienone is 20. The number of nitrogens with zero attached hydrogens (tertiary/aromatic N) is 1. The molecular formula is C58H98NO7P. The van der Waals surface area contributed by atoms with Gasteiger partial charge in [0.25, 0.3) is 7.82 Å². The monoisotopic (exact) mass is 952 g/mol. The lowest BCUT2D eigenvalue weighted by Crippen LogP contribution is -2.37. The van der Waals surface area contributed by atoms with E-state index in [2.05, 4.69) is 135 Å². The van der Waals surface area contributed by atoms with Crippen LogP contribution in [0.1, 0.15) is 181 Å². The molecule has 2 atom stereocenters. The first-order valence-corrected chi connectivity index (χ1v) is 27.7. The van der Waals surface area contributed by atoms with E-state index in [1.165, 1.54) is 38.5 Å². The van der Waals surface area contributed by atoms with Crippen LogP contribution in [0.3, 0.4) is 0 Å². The molecule has 382 valence electrons. The van der Waals surface area contributed by atoms with Crippen molar-refractivity contribution in [1.82, 2.24) is 0 Å². The normalized spacial score (nSPS) is 14.5. The van der Waals surface area contributed by atoms with Crippen LogP contribution < -0.4 is 4.89 Å². The molecule has 0 aliphatic carbocycles. The first-order valence-electron chi connectivity index (χ1n) is 26.3. The van der Waals surface area contributed by atoms with Crippen molar-refractivity contribution in [1.29, 1.82) is 0 Å². The Labute approximate surface area is 412 Å². The summed E-state index contributed by atoms with van der Waals surface area (Å²) in [6.45, 7) is 5.10. The predicted molar refractivity (Wildman–Crippen MR) is 286 cm³/mol. The Hall–Kier alpha value is -3.10. The molecule has 2 unspecified atom stereocenters. The third-order valence-electron chi connectivity index (χ3n) is 10.5. The van der Waals surface area contributed by atoms with Crippen LogP contribution in [0.25, 0.3) is 0 Å². The fourth-order valence-electron chi connectivity index (χ4n) is 6.54. The minimum absolute atomic E-state index is 0.0126. The van der Waals surface area contributed by atoms with Crippen molar-refractivity contribution in [2.24, 2.45) is 0 Å². The van der Waals surface area contributed by atoms with E-state index in [0.29, 0.717) is 24.1 Å². The van der Waals surface area contributed by atoms with E-state index in [0.717, 1.165) is 122 Å². The Balaban J connectivity index is 4.24. The summed E-state index contributed by atoms with van der Waals surface area (Å²) in [7, 11) is 1.31. The number of hydrogen-bond acceptors (Lipinski definition) is 7. The van der Waals surface area contributed by atoms with Gasteiger partial charge in [-0.25, -0.2) is 0 Å². The van der Waals surface area contributed by atoms with Crippen molar-refractivity contribution >= 4 is 13.8 Å². The highest BCUT2D eigenvalue weighted by Crippen LogP contribution is 2.38. The Morgan fingerprint density at radius 3 is 1.22 bits per heavy atom. The van der Waals surface area contributed by atoms with Crippen molar-refractivity contribution in [2.75, 3.05) is 54.1 Å². The van der Waals surface area contributed by atoms with E-state index in [-0.39, 0.29) is 25.8 Å². The molecule has 0 spiro atoms. The second kappa shape index (κ2) is 49.3.